The molecule has 154 valence electrons. The van der Waals surface area contributed by atoms with Gasteiger partial charge < -0.3 is 14.4 Å². The van der Waals surface area contributed by atoms with Gasteiger partial charge in [0.15, 0.2) is 0 Å². The summed E-state index contributed by atoms with van der Waals surface area (Å²) in [5.74, 6) is 1.75. The van der Waals surface area contributed by atoms with Crippen molar-refractivity contribution in [1.82, 2.24) is 9.80 Å². The highest BCUT2D eigenvalue weighted by Crippen LogP contribution is 2.40. The summed E-state index contributed by atoms with van der Waals surface area (Å²) in [5, 5.41) is 0. The monoisotopic (exact) mass is 394 g/mol. The van der Waals surface area contributed by atoms with Gasteiger partial charge in [0.25, 0.3) is 5.91 Å². The Morgan fingerprint density at radius 2 is 1.72 bits per heavy atom. The first-order chi connectivity index (χ1) is 14.1. The molecular formula is C24H30N2O3. The minimum atomic E-state index is 0.116. The summed E-state index contributed by atoms with van der Waals surface area (Å²) in [6, 6.07) is 15.8. The van der Waals surface area contributed by atoms with Gasteiger partial charge in [-0.25, -0.2) is 0 Å². The number of hydrogen-bond donors (Lipinski definition) is 0. The van der Waals surface area contributed by atoms with Gasteiger partial charge in [-0.1, -0.05) is 18.2 Å². The number of piperidine rings is 1. The summed E-state index contributed by atoms with van der Waals surface area (Å²) in [7, 11) is 3.34. The van der Waals surface area contributed by atoms with Gasteiger partial charge in [-0.05, 0) is 61.7 Å². The molecule has 0 bridgehead atoms. The molecule has 2 aromatic carbocycles. The van der Waals surface area contributed by atoms with Crippen molar-refractivity contribution in [1.29, 1.82) is 0 Å². The lowest BCUT2D eigenvalue weighted by Gasteiger charge is -2.40. The molecule has 2 heterocycles. The summed E-state index contributed by atoms with van der Waals surface area (Å²) in [6.45, 7) is 4.78. The highest BCUT2D eigenvalue weighted by atomic mass is 16.5. The lowest BCUT2D eigenvalue weighted by molar-refractivity contribution is 0.0675. The van der Waals surface area contributed by atoms with Crippen LogP contribution in [0.2, 0.25) is 0 Å². The fourth-order valence-corrected chi connectivity index (χ4v) is 4.85. The Labute approximate surface area is 173 Å². The third-order valence-corrected chi connectivity index (χ3v) is 6.32. The van der Waals surface area contributed by atoms with Crippen LogP contribution in [-0.4, -0.2) is 56.1 Å². The summed E-state index contributed by atoms with van der Waals surface area (Å²) in [4.78, 5) is 17.6. The van der Waals surface area contributed by atoms with Gasteiger partial charge in [0.2, 0.25) is 0 Å². The summed E-state index contributed by atoms with van der Waals surface area (Å²) in [6.07, 6.45) is 3.46. The molecule has 2 saturated heterocycles. The number of amides is 1. The first-order valence-electron chi connectivity index (χ1n) is 10.4. The molecular weight excluding hydrogens is 364 g/mol. The van der Waals surface area contributed by atoms with Gasteiger partial charge in [0.05, 0.1) is 14.2 Å². The Morgan fingerprint density at radius 1 is 0.966 bits per heavy atom. The first-order valence-corrected chi connectivity index (χ1v) is 10.4. The van der Waals surface area contributed by atoms with E-state index < -0.39 is 0 Å². The Bertz CT molecular complexity index is 869. The molecule has 0 aromatic heterocycles. The average molecular weight is 395 g/mol. The average Bonchev–Trinajstić information content (AvgIpc) is 3.16. The second-order valence-electron chi connectivity index (χ2n) is 8.37. The van der Waals surface area contributed by atoms with E-state index in [4.69, 9.17) is 9.47 Å². The Kier molecular flexibility index (Phi) is 5.76. The Morgan fingerprint density at radius 3 is 2.52 bits per heavy atom. The van der Waals surface area contributed by atoms with Crippen molar-refractivity contribution >= 4 is 5.91 Å². The van der Waals surface area contributed by atoms with Crippen LogP contribution in [0.5, 0.6) is 11.5 Å². The van der Waals surface area contributed by atoms with Crippen LogP contribution in [0.25, 0.3) is 0 Å². The maximum Gasteiger partial charge on any atom is 0.254 e. The molecule has 2 aromatic rings. The van der Waals surface area contributed by atoms with E-state index in [2.05, 4.69) is 23.1 Å². The minimum absolute atomic E-state index is 0.116. The van der Waals surface area contributed by atoms with Gasteiger partial charge in [-0.2, -0.15) is 0 Å². The number of carbonyl (C=O) groups is 1. The molecule has 1 atom stereocenters. The van der Waals surface area contributed by atoms with Crippen molar-refractivity contribution in [3.05, 3.63) is 59.7 Å². The number of likely N-dealkylation sites (tertiary alicyclic amines) is 2. The predicted octanol–water partition coefficient (Wildman–Crippen LogP) is 3.83. The van der Waals surface area contributed by atoms with Crippen LogP contribution in [0, 0.1) is 5.41 Å². The van der Waals surface area contributed by atoms with Crippen LogP contribution in [0.15, 0.2) is 48.5 Å². The van der Waals surface area contributed by atoms with Gasteiger partial charge in [-0.15, -0.1) is 0 Å². The molecule has 0 aliphatic carbocycles. The number of nitrogens with zero attached hydrogens (tertiary/aromatic N) is 2. The van der Waals surface area contributed by atoms with Gasteiger partial charge >= 0.3 is 0 Å². The second-order valence-corrected chi connectivity index (χ2v) is 8.37. The van der Waals surface area contributed by atoms with Crippen LogP contribution >= 0.6 is 0 Å². The molecule has 1 amide bonds. The molecule has 0 saturated carbocycles. The minimum Gasteiger partial charge on any atom is -0.497 e. The van der Waals surface area contributed by atoms with Crippen LogP contribution in [0.1, 0.15) is 35.2 Å². The summed E-state index contributed by atoms with van der Waals surface area (Å²) < 4.78 is 10.6. The van der Waals surface area contributed by atoms with Gasteiger partial charge in [0, 0.05) is 37.2 Å². The van der Waals surface area contributed by atoms with Gasteiger partial charge in [-0.3, -0.25) is 9.69 Å². The van der Waals surface area contributed by atoms with Crippen molar-refractivity contribution in [2.24, 2.45) is 5.41 Å². The number of benzene rings is 2. The molecule has 2 fully saturated rings. The van der Waals surface area contributed by atoms with E-state index in [1.807, 2.05) is 35.2 Å². The largest absolute Gasteiger partial charge is 0.497 e. The van der Waals surface area contributed by atoms with E-state index in [1.165, 1.54) is 18.4 Å². The van der Waals surface area contributed by atoms with Crippen molar-refractivity contribution in [2.45, 2.75) is 25.8 Å². The SMILES string of the molecule is COc1cccc(CN2CCC[C@]3(CCN(C(=O)c4cccc(OC)c4)C3)C2)c1. The number of rotatable bonds is 5. The predicted molar refractivity (Wildman–Crippen MR) is 113 cm³/mol. The van der Waals surface area contributed by atoms with E-state index in [9.17, 15) is 4.79 Å². The van der Waals surface area contributed by atoms with Crippen LogP contribution in [-0.2, 0) is 6.54 Å². The quantitative estimate of drug-likeness (QED) is 0.773. The molecule has 2 aliphatic rings. The van der Waals surface area contributed by atoms with Crippen LogP contribution in [0.3, 0.4) is 0 Å². The first kappa shape index (κ1) is 19.8. The molecule has 1 spiro atoms. The molecule has 29 heavy (non-hydrogen) atoms. The Hall–Kier alpha value is -2.53. The topological polar surface area (TPSA) is 42.0 Å². The standard InChI is InChI=1S/C24H30N2O3/c1-28-21-8-3-6-19(14-21)16-25-12-5-10-24(17-25)11-13-26(18-24)23(27)20-7-4-9-22(15-20)29-2/h3-4,6-9,14-15H,5,10-13,16-18H2,1-2H3/t24-/m0/s1. The summed E-state index contributed by atoms with van der Waals surface area (Å²) >= 11 is 0. The maximum atomic E-state index is 13.0. The molecule has 2 aliphatic heterocycles. The van der Waals surface area contributed by atoms with E-state index in [-0.39, 0.29) is 11.3 Å². The van der Waals surface area contributed by atoms with Crippen LogP contribution < -0.4 is 9.47 Å². The molecule has 0 unspecified atom stereocenters. The number of methoxy groups -OCH3 is 2. The molecule has 4 rings (SSSR count). The lowest BCUT2D eigenvalue weighted by atomic mass is 9.79. The number of ether oxygens (including phenoxy) is 2. The third kappa shape index (κ3) is 4.40. The fourth-order valence-electron chi connectivity index (χ4n) is 4.85. The second kappa shape index (κ2) is 8.46. The normalized spacial score (nSPS) is 22.1. The van der Waals surface area contributed by atoms with E-state index in [0.717, 1.165) is 50.6 Å². The smallest absolute Gasteiger partial charge is 0.254 e. The van der Waals surface area contributed by atoms with Gasteiger partial charge in [0.1, 0.15) is 11.5 Å². The molecule has 5 heteroatoms. The maximum absolute atomic E-state index is 13.0. The van der Waals surface area contributed by atoms with Crippen LogP contribution in [0.4, 0.5) is 0 Å². The summed E-state index contributed by atoms with van der Waals surface area (Å²) in [5.41, 5.74) is 2.21. The molecule has 0 radical (unpaired) electrons. The zero-order valence-corrected chi connectivity index (χ0v) is 17.4. The highest BCUT2D eigenvalue weighted by Gasteiger charge is 2.42. The lowest BCUT2D eigenvalue weighted by Crippen LogP contribution is -2.45. The van der Waals surface area contributed by atoms with Crippen molar-refractivity contribution in [3.63, 3.8) is 0 Å². The van der Waals surface area contributed by atoms with Crippen molar-refractivity contribution in [2.75, 3.05) is 40.4 Å². The van der Waals surface area contributed by atoms with E-state index >= 15 is 0 Å². The molecule has 5 nitrogen and oxygen atoms in total. The zero-order chi connectivity index (χ0) is 20.3. The third-order valence-electron chi connectivity index (χ3n) is 6.32. The Balaban J connectivity index is 1.41. The van der Waals surface area contributed by atoms with E-state index in [1.54, 1.807) is 14.2 Å². The van der Waals surface area contributed by atoms with Crippen molar-refractivity contribution in [3.8, 4) is 11.5 Å². The molecule has 0 N–H and O–H groups in total. The number of carbonyl (C=O) groups excluding carboxylic acids is 1. The van der Waals surface area contributed by atoms with Crippen molar-refractivity contribution < 1.29 is 14.3 Å². The highest BCUT2D eigenvalue weighted by molar-refractivity contribution is 5.94. The zero-order valence-electron chi connectivity index (χ0n) is 17.4. The fraction of sp³-hybridized carbons (Fsp3) is 0.458. The van der Waals surface area contributed by atoms with E-state index in [0.29, 0.717) is 5.56 Å². The number of hydrogen-bond acceptors (Lipinski definition) is 4.